The first kappa shape index (κ1) is 15.4. The summed E-state index contributed by atoms with van der Waals surface area (Å²) < 4.78 is 10.8. The second-order valence-electron chi connectivity index (χ2n) is 3.99. The van der Waals surface area contributed by atoms with Gasteiger partial charge in [0, 0.05) is 18.2 Å². The summed E-state index contributed by atoms with van der Waals surface area (Å²) in [6.45, 7) is 5.12. The number of nitrogens with one attached hydrogen (secondary N) is 1. The predicted octanol–water partition coefficient (Wildman–Crippen LogP) is 1.82. The van der Waals surface area contributed by atoms with Crippen molar-refractivity contribution in [1.82, 2.24) is 0 Å². The number of hydrogen-bond donors (Lipinski definition) is 2. The van der Waals surface area contributed by atoms with Crippen molar-refractivity contribution in [3.8, 4) is 0 Å². The molecule has 1 rings (SSSR count). The third-order valence-corrected chi connectivity index (χ3v) is 2.55. The minimum atomic E-state index is -0.484. The number of nitrogens with two attached hydrogens (primary N) is 1. The fourth-order valence-electron chi connectivity index (χ4n) is 1.59. The van der Waals surface area contributed by atoms with Crippen LogP contribution in [0, 0.1) is 10.1 Å². The topological polar surface area (TPSA) is 99.6 Å². The van der Waals surface area contributed by atoms with E-state index in [1.165, 1.54) is 6.07 Å². The highest BCUT2D eigenvalue weighted by Crippen LogP contribution is 2.27. The average molecular weight is 269 g/mol. The maximum Gasteiger partial charge on any atom is 0.294 e. The lowest BCUT2D eigenvalue weighted by molar-refractivity contribution is -0.384. The zero-order valence-electron chi connectivity index (χ0n) is 11.1. The third kappa shape index (κ3) is 4.47. The van der Waals surface area contributed by atoms with Gasteiger partial charge in [0.15, 0.2) is 0 Å². The van der Waals surface area contributed by atoms with Crippen molar-refractivity contribution < 1.29 is 14.4 Å². The molecule has 0 radical (unpaired) electrons. The molecule has 0 bridgehead atoms. The van der Waals surface area contributed by atoms with E-state index in [-0.39, 0.29) is 24.1 Å². The summed E-state index contributed by atoms with van der Waals surface area (Å²) in [4.78, 5) is 10.4. The molecular formula is C12H19N3O4. The molecule has 0 saturated heterocycles. The summed E-state index contributed by atoms with van der Waals surface area (Å²) in [5, 5.41) is 10.9. The third-order valence-electron chi connectivity index (χ3n) is 2.55. The lowest BCUT2D eigenvalue weighted by Crippen LogP contribution is -2.17. The van der Waals surface area contributed by atoms with Crippen LogP contribution in [-0.4, -0.2) is 24.2 Å². The predicted molar refractivity (Wildman–Crippen MR) is 71.7 cm³/mol. The molecular weight excluding hydrogens is 250 g/mol. The number of nitro groups is 1. The van der Waals surface area contributed by atoms with E-state index in [4.69, 9.17) is 15.3 Å². The van der Waals surface area contributed by atoms with E-state index in [2.05, 4.69) is 5.43 Å². The fraction of sp³-hybridized carbons (Fsp3) is 0.500. The van der Waals surface area contributed by atoms with E-state index >= 15 is 0 Å². The Bertz CT molecular complexity index is 425. The Labute approximate surface area is 111 Å². The van der Waals surface area contributed by atoms with Crippen molar-refractivity contribution in [2.24, 2.45) is 5.84 Å². The van der Waals surface area contributed by atoms with Crippen LogP contribution in [0.15, 0.2) is 18.2 Å². The summed E-state index contributed by atoms with van der Waals surface area (Å²) in [7, 11) is 0. The molecule has 1 atom stereocenters. The quantitative estimate of drug-likeness (QED) is 0.424. The van der Waals surface area contributed by atoms with Gasteiger partial charge >= 0.3 is 0 Å². The lowest BCUT2D eigenvalue weighted by atomic mass is 10.1. The molecule has 0 fully saturated rings. The van der Waals surface area contributed by atoms with Gasteiger partial charge in [-0.05, 0) is 13.8 Å². The van der Waals surface area contributed by atoms with Gasteiger partial charge in [0.05, 0.1) is 24.2 Å². The van der Waals surface area contributed by atoms with Crippen molar-refractivity contribution >= 4 is 11.4 Å². The molecule has 0 aliphatic carbocycles. The van der Waals surface area contributed by atoms with Crippen LogP contribution in [0.4, 0.5) is 11.4 Å². The molecule has 1 aromatic carbocycles. The number of anilines is 1. The number of hydrazine groups is 1. The van der Waals surface area contributed by atoms with Gasteiger partial charge in [-0.3, -0.25) is 16.0 Å². The molecule has 0 aliphatic heterocycles. The number of nitro benzene ring substituents is 1. The van der Waals surface area contributed by atoms with Gasteiger partial charge < -0.3 is 14.9 Å². The van der Waals surface area contributed by atoms with Crippen molar-refractivity contribution in [2.45, 2.75) is 26.6 Å². The molecule has 0 amide bonds. The molecule has 7 nitrogen and oxygen atoms in total. The van der Waals surface area contributed by atoms with Crippen LogP contribution in [-0.2, 0) is 16.1 Å². The Morgan fingerprint density at radius 2 is 2.26 bits per heavy atom. The maximum atomic E-state index is 10.9. The first-order chi connectivity index (χ1) is 9.10. The summed E-state index contributed by atoms with van der Waals surface area (Å²) in [5.74, 6) is 5.34. The number of rotatable bonds is 8. The Hall–Kier alpha value is -1.70. The number of hydrogen-bond acceptors (Lipinski definition) is 6. The molecule has 19 heavy (non-hydrogen) atoms. The van der Waals surface area contributed by atoms with Crippen LogP contribution in [0.5, 0.6) is 0 Å². The van der Waals surface area contributed by atoms with Crippen LogP contribution in [0.25, 0.3) is 0 Å². The molecule has 0 heterocycles. The van der Waals surface area contributed by atoms with Gasteiger partial charge in [-0.25, -0.2) is 0 Å². The zero-order chi connectivity index (χ0) is 14.3. The van der Waals surface area contributed by atoms with Crippen LogP contribution in [0.2, 0.25) is 0 Å². The van der Waals surface area contributed by atoms with Gasteiger partial charge in [-0.15, -0.1) is 0 Å². The Morgan fingerprint density at radius 3 is 2.84 bits per heavy atom. The number of nitrogens with zero attached hydrogens (tertiary/aromatic N) is 1. The standard InChI is InChI=1S/C12H19N3O4/c1-3-18-7-9(2)19-8-10-5-4-6-11(15(16)17)12(10)14-13/h4-6,9,14H,3,7-8,13H2,1-2H3. The van der Waals surface area contributed by atoms with Crippen LogP contribution in [0.3, 0.4) is 0 Å². The van der Waals surface area contributed by atoms with Crippen molar-refractivity contribution in [2.75, 3.05) is 18.6 Å². The number of nitrogen functional groups attached to an aromatic ring is 1. The van der Waals surface area contributed by atoms with Gasteiger partial charge in [0.1, 0.15) is 5.69 Å². The highest BCUT2D eigenvalue weighted by atomic mass is 16.6. The number of ether oxygens (including phenoxy) is 2. The van der Waals surface area contributed by atoms with Gasteiger partial charge in [0.25, 0.3) is 5.69 Å². The van der Waals surface area contributed by atoms with E-state index in [9.17, 15) is 10.1 Å². The van der Waals surface area contributed by atoms with Gasteiger partial charge in [0.2, 0.25) is 0 Å². The number of para-hydroxylation sites is 1. The first-order valence-corrected chi connectivity index (χ1v) is 6.02. The van der Waals surface area contributed by atoms with E-state index in [1.54, 1.807) is 12.1 Å². The lowest BCUT2D eigenvalue weighted by Gasteiger charge is -2.14. The minimum Gasteiger partial charge on any atom is -0.379 e. The molecule has 0 aromatic heterocycles. The maximum absolute atomic E-state index is 10.9. The second kappa shape index (κ2) is 7.67. The summed E-state index contributed by atoms with van der Waals surface area (Å²) in [5.41, 5.74) is 3.20. The van der Waals surface area contributed by atoms with E-state index in [0.717, 1.165) is 0 Å². The van der Waals surface area contributed by atoms with E-state index in [1.807, 2.05) is 13.8 Å². The molecule has 3 N–H and O–H groups in total. The van der Waals surface area contributed by atoms with Crippen molar-refractivity contribution in [1.29, 1.82) is 0 Å². The van der Waals surface area contributed by atoms with E-state index < -0.39 is 4.92 Å². The molecule has 1 unspecified atom stereocenters. The van der Waals surface area contributed by atoms with Crippen LogP contribution < -0.4 is 11.3 Å². The van der Waals surface area contributed by atoms with Gasteiger partial charge in [-0.2, -0.15) is 0 Å². The molecule has 106 valence electrons. The van der Waals surface area contributed by atoms with Crippen LogP contribution in [0.1, 0.15) is 19.4 Å². The summed E-state index contributed by atoms with van der Waals surface area (Å²) in [6.07, 6.45) is -0.0927. The van der Waals surface area contributed by atoms with Crippen molar-refractivity contribution in [3.63, 3.8) is 0 Å². The average Bonchev–Trinajstić information content (AvgIpc) is 2.41. The minimum absolute atomic E-state index is 0.0685. The normalized spacial score (nSPS) is 12.2. The molecule has 1 aromatic rings. The summed E-state index contributed by atoms with van der Waals surface area (Å²) >= 11 is 0. The van der Waals surface area contributed by atoms with Crippen molar-refractivity contribution in [3.05, 3.63) is 33.9 Å². The monoisotopic (exact) mass is 269 g/mol. The Kier molecular flexibility index (Phi) is 6.20. The number of benzene rings is 1. The Morgan fingerprint density at radius 1 is 1.53 bits per heavy atom. The zero-order valence-corrected chi connectivity index (χ0v) is 11.1. The van der Waals surface area contributed by atoms with Crippen LogP contribution >= 0.6 is 0 Å². The molecule has 0 spiro atoms. The highest BCUT2D eigenvalue weighted by Gasteiger charge is 2.17. The second-order valence-corrected chi connectivity index (χ2v) is 3.99. The Balaban J connectivity index is 2.72. The first-order valence-electron chi connectivity index (χ1n) is 6.02. The summed E-state index contributed by atoms with van der Waals surface area (Å²) in [6, 6.07) is 4.72. The fourth-order valence-corrected chi connectivity index (χ4v) is 1.59. The van der Waals surface area contributed by atoms with E-state index in [0.29, 0.717) is 18.8 Å². The van der Waals surface area contributed by atoms with Gasteiger partial charge in [-0.1, -0.05) is 12.1 Å². The molecule has 7 heteroatoms. The highest BCUT2D eigenvalue weighted by molar-refractivity contribution is 5.65. The molecule has 0 saturated carbocycles. The smallest absolute Gasteiger partial charge is 0.294 e. The SMILES string of the molecule is CCOCC(C)OCc1cccc([N+](=O)[O-])c1NN. The largest absolute Gasteiger partial charge is 0.379 e. The molecule has 0 aliphatic rings.